The Labute approximate surface area is 164 Å². The Bertz CT molecular complexity index is 764. The van der Waals surface area contributed by atoms with Gasteiger partial charge in [0.2, 0.25) is 5.91 Å². The predicted molar refractivity (Wildman–Crippen MR) is 103 cm³/mol. The van der Waals surface area contributed by atoms with Crippen molar-refractivity contribution in [2.45, 2.75) is 18.9 Å². The smallest absolute Gasteiger partial charge is 0.307 e. The summed E-state index contributed by atoms with van der Waals surface area (Å²) in [7, 11) is 1.31. The molecule has 138 valence electrons. The van der Waals surface area contributed by atoms with Gasteiger partial charge >= 0.3 is 5.97 Å². The molecule has 2 amide bonds. The summed E-state index contributed by atoms with van der Waals surface area (Å²) < 4.78 is 5.56. The quantitative estimate of drug-likeness (QED) is 0.620. The molecule has 0 aliphatic rings. The van der Waals surface area contributed by atoms with Crippen LogP contribution in [0.1, 0.15) is 34.8 Å². The van der Waals surface area contributed by atoms with E-state index < -0.39 is 12.0 Å². The summed E-state index contributed by atoms with van der Waals surface area (Å²) in [6, 6.07) is 8.58. The SMILES string of the molecule is COC(=O)CC(NC(=O)CCNC(=O)c1ccsc1)c1cccc(Br)c1. The Morgan fingerprint density at radius 2 is 2.08 bits per heavy atom. The normalized spacial score (nSPS) is 11.5. The Balaban J connectivity index is 1.91. The molecule has 26 heavy (non-hydrogen) atoms. The van der Waals surface area contributed by atoms with Crippen molar-refractivity contribution >= 4 is 45.1 Å². The Hall–Kier alpha value is -2.19. The summed E-state index contributed by atoms with van der Waals surface area (Å²) in [6.07, 6.45) is 0.140. The maximum absolute atomic E-state index is 12.2. The number of carbonyl (C=O) groups excluding carboxylic acids is 3. The summed E-state index contributed by atoms with van der Waals surface area (Å²) in [5, 5.41) is 9.08. The highest BCUT2D eigenvalue weighted by atomic mass is 79.9. The minimum atomic E-state index is -0.500. The summed E-state index contributed by atoms with van der Waals surface area (Å²) in [5.74, 6) is -0.886. The molecular formula is C18H19BrN2O4S. The lowest BCUT2D eigenvalue weighted by Gasteiger charge is -2.18. The van der Waals surface area contributed by atoms with Crippen LogP contribution in [0.15, 0.2) is 45.6 Å². The third-order valence-corrected chi connectivity index (χ3v) is 4.78. The van der Waals surface area contributed by atoms with Crippen molar-refractivity contribution in [3.63, 3.8) is 0 Å². The second-order valence-corrected chi connectivity index (χ2v) is 7.17. The van der Waals surface area contributed by atoms with Crippen LogP contribution in [-0.2, 0) is 14.3 Å². The van der Waals surface area contributed by atoms with Gasteiger partial charge in [-0.1, -0.05) is 28.1 Å². The number of nitrogens with one attached hydrogen (secondary N) is 2. The monoisotopic (exact) mass is 438 g/mol. The molecule has 1 aromatic carbocycles. The van der Waals surface area contributed by atoms with Gasteiger partial charge in [-0.05, 0) is 29.1 Å². The van der Waals surface area contributed by atoms with Gasteiger partial charge in [0.05, 0.1) is 19.6 Å². The number of benzene rings is 1. The average Bonchev–Trinajstić information content (AvgIpc) is 3.15. The Kier molecular flexibility index (Phi) is 7.80. The molecule has 0 aliphatic heterocycles. The third kappa shape index (κ3) is 6.27. The number of hydrogen-bond donors (Lipinski definition) is 2. The molecule has 1 aromatic heterocycles. The maximum atomic E-state index is 12.2. The Morgan fingerprint density at radius 1 is 1.27 bits per heavy atom. The van der Waals surface area contributed by atoms with Gasteiger partial charge < -0.3 is 15.4 Å². The second-order valence-electron chi connectivity index (χ2n) is 5.47. The number of thiophene rings is 1. The summed E-state index contributed by atoms with van der Waals surface area (Å²) in [5.41, 5.74) is 1.37. The average molecular weight is 439 g/mol. The van der Waals surface area contributed by atoms with Crippen molar-refractivity contribution < 1.29 is 19.1 Å². The summed E-state index contributed by atoms with van der Waals surface area (Å²) in [6.45, 7) is 0.212. The number of esters is 1. The fourth-order valence-electron chi connectivity index (χ4n) is 2.28. The fourth-order valence-corrected chi connectivity index (χ4v) is 3.33. The number of rotatable bonds is 8. The van der Waals surface area contributed by atoms with E-state index in [0.29, 0.717) is 5.56 Å². The van der Waals surface area contributed by atoms with E-state index in [9.17, 15) is 14.4 Å². The number of ether oxygens (including phenoxy) is 1. The number of amides is 2. The fraction of sp³-hybridized carbons (Fsp3) is 0.278. The van der Waals surface area contributed by atoms with Gasteiger partial charge in [-0.2, -0.15) is 11.3 Å². The lowest BCUT2D eigenvalue weighted by atomic mass is 10.0. The first-order valence-corrected chi connectivity index (χ1v) is 9.65. The van der Waals surface area contributed by atoms with Gasteiger partial charge in [-0.3, -0.25) is 14.4 Å². The van der Waals surface area contributed by atoms with Gasteiger partial charge in [-0.15, -0.1) is 0 Å². The molecule has 0 aliphatic carbocycles. The standard InChI is InChI=1S/C18H19BrN2O4S/c1-25-17(23)10-15(12-3-2-4-14(19)9-12)21-16(22)5-7-20-18(24)13-6-8-26-11-13/h2-4,6,8-9,11,15H,5,7,10H2,1H3,(H,20,24)(H,21,22). The zero-order valence-electron chi connectivity index (χ0n) is 14.2. The zero-order valence-corrected chi connectivity index (χ0v) is 16.6. The summed E-state index contributed by atoms with van der Waals surface area (Å²) in [4.78, 5) is 35.7. The van der Waals surface area contributed by atoms with Gasteiger partial charge in [-0.25, -0.2) is 0 Å². The Morgan fingerprint density at radius 3 is 2.73 bits per heavy atom. The van der Waals surface area contributed by atoms with Crippen molar-refractivity contribution in [2.75, 3.05) is 13.7 Å². The molecule has 1 heterocycles. The maximum Gasteiger partial charge on any atom is 0.307 e. The van der Waals surface area contributed by atoms with Crippen LogP contribution in [0.4, 0.5) is 0 Å². The van der Waals surface area contributed by atoms with E-state index >= 15 is 0 Å². The van der Waals surface area contributed by atoms with E-state index in [-0.39, 0.29) is 31.2 Å². The number of halogens is 1. The van der Waals surface area contributed by atoms with Crippen LogP contribution in [0.25, 0.3) is 0 Å². The molecular weight excluding hydrogens is 420 g/mol. The molecule has 0 radical (unpaired) electrons. The minimum Gasteiger partial charge on any atom is -0.469 e. The number of carbonyl (C=O) groups is 3. The third-order valence-electron chi connectivity index (χ3n) is 3.61. The van der Waals surface area contributed by atoms with Gasteiger partial charge in [0.1, 0.15) is 0 Å². The van der Waals surface area contributed by atoms with Gasteiger partial charge in [0.25, 0.3) is 5.91 Å². The largest absolute Gasteiger partial charge is 0.469 e. The topological polar surface area (TPSA) is 84.5 Å². The minimum absolute atomic E-state index is 0.0277. The molecule has 0 saturated carbocycles. The van der Waals surface area contributed by atoms with E-state index in [1.54, 1.807) is 11.4 Å². The highest BCUT2D eigenvalue weighted by molar-refractivity contribution is 9.10. The van der Waals surface area contributed by atoms with Crippen LogP contribution in [0.2, 0.25) is 0 Å². The highest BCUT2D eigenvalue weighted by Gasteiger charge is 2.19. The highest BCUT2D eigenvalue weighted by Crippen LogP contribution is 2.21. The molecule has 0 saturated heterocycles. The van der Waals surface area contributed by atoms with Crippen molar-refractivity contribution in [1.82, 2.24) is 10.6 Å². The number of methoxy groups -OCH3 is 1. The number of hydrogen-bond acceptors (Lipinski definition) is 5. The van der Waals surface area contributed by atoms with Crippen molar-refractivity contribution in [1.29, 1.82) is 0 Å². The molecule has 8 heteroatoms. The first-order valence-electron chi connectivity index (χ1n) is 7.91. The van der Waals surface area contributed by atoms with Gasteiger partial charge in [0.15, 0.2) is 0 Å². The van der Waals surface area contributed by atoms with Crippen molar-refractivity contribution in [3.8, 4) is 0 Å². The molecule has 2 N–H and O–H groups in total. The molecule has 6 nitrogen and oxygen atoms in total. The van der Waals surface area contributed by atoms with E-state index in [2.05, 4.69) is 26.6 Å². The van der Waals surface area contributed by atoms with Crippen LogP contribution >= 0.6 is 27.3 Å². The zero-order chi connectivity index (χ0) is 18.9. The molecule has 0 spiro atoms. The molecule has 2 aromatic rings. The predicted octanol–water partition coefficient (Wildman–Crippen LogP) is 3.05. The van der Waals surface area contributed by atoms with Crippen LogP contribution < -0.4 is 10.6 Å². The van der Waals surface area contributed by atoms with E-state index in [1.165, 1.54) is 18.4 Å². The van der Waals surface area contributed by atoms with Crippen LogP contribution in [0.5, 0.6) is 0 Å². The summed E-state index contributed by atoms with van der Waals surface area (Å²) >= 11 is 4.82. The van der Waals surface area contributed by atoms with E-state index in [1.807, 2.05) is 29.6 Å². The molecule has 2 rings (SSSR count). The molecule has 1 unspecified atom stereocenters. The van der Waals surface area contributed by atoms with Crippen LogP contribution in [0.3, 0.4) is 0 Å². The van der Waals surface area contributed by atoms with Crippen molar-refractivity contribution in [3.05, 3.63) is 56.7 Å². The lowest BCUT2D eigenvalue weighted by Crippen LogP contribution is -2.34. The van der Waals surface area contributed by atoms with Crippen LogP contribution in [-0.4, -0.2) is 31.4 Å². The van der Waals surface area contributed by atoms with Gasteiger partial charge in [0, 0.05) is 28.4 Å². The van der Waals surface area contributed by atoms with E-state index in [4.69, 9.17) is 4.74 Å². The first kappa shape index (κ1) is 20.1. The van der Waals surface area contributed by atoms with E-state index in [0.717, 1.165) is 10.0 Å². The van der Waals surface area contributed by atoms with Crippen molar-refractivity contribution in [2.24, 2.45) is 0 Å². The second kappa shape index (κ2) is 10.1. The lowest BCUT2D eigenvalue weighted by molar-refractivity contribution is -0.141. The molecule has 0 bridgehead atoms. The first-order chi connectivity index (χ1) is 12.5. The van der Waals surface area contributed by atoms with Crippen LogP contribution in [0, 0.1) is 0 Å². The molecule has 0 fully saturated rings. The molecule has 1 atom stereocenters.